The molecule has 1 saturated carbocycles. The van der Waals surface area contributed by atoms with E-state index in [2.05, 4.69) is 41.2 Å². The second-order valence-electron chi connectivity index (χ2n) is 6.15. The highest BCUT2D eigenvalue weighted by Gasteiger charge is 2.18. The van der Waals surface area contributed by atoms with Crippen molar-refractivity contribution in [3.05, 3.63) is 30.1 Å². The molecule has 3 nitrogen and oxygen atoms in total. The zero-order valence-corrected chi connectivity index (χ0v) is 13.0. The summed E-state index contributed by atoms with van der Waals surface area (Å²) in [5.41, 5.74) is 1.35. The normalized spacial score (nSPS) is 23.1. The van der Waals surface area contributed by atoms with Gasteiger partial charge in [0.2, 0.25) is 0 Å². The maximum atomic E-state index is 4.08. The van der Waals surface area contributed by atoms with E-state index in [1.807, 2.05) is 12.4 Å². The summed E-state index contributed by atoms with van der Waals surface area (Å²) in [5, 5.41) is 3.75. The first-order valence-electron chi connectivity index (χ1n) is 8.12. The Kier molecular flexibility index (Phi) is 6.48. The lowest BCUT2D eigenvalue weighted by Gasteiger charge is -2.29. The summed E-state index contributed by atoms with van der Waals surface area (Å²) in [4.78, 5) is 6.57. The van der Waals surface area contributed by atoms with Crippen LogP contribution in [-0.4, -0.2) is 35.6 Å². The molecule has 112 valence electrons. The molecule has 0 bridgehead atoms. The molecular weight excluding hydrogens is 246 g/mol. The van der Waals surface area contributed by atoms with Gasteiger partial charge in [0.25, 0.3) is 0 Å². The van der Waals surface area contributed by atoms with Crippen LogP contribution in [0.2, 0.25) is 0 Å². The van der Waals surface area contributed by atoms with Crippen LogP contribution < -0.4 is 5.32 Å². The van der Waals surface area contributed by atoms with E-state index in [9.17, 15) is 0 Å². The highest BCUT2D eigenvalue weighted by Crippen LogP contribution is 2.23. The van der Waals surface area contributed by atoms with E-state index in [-0.39, 0.29) is 0 Å². The van der Waals surface area contributed by atoms with Crippen LogP contribution in [0.3, 0.4) is 0 Å². The largest absolute Gasteiger partial charge is 0.313 e. The molecule has 1 fully saturated rings. The molecule has 1 aromatic rings. The average Bonchev–Trinajstić information content (AvgIpc) is 2.47. The Morgan fingerprint density at radius 2 is 2.10 bits per heavy atom. The molecule has 0 amide bonds. The standard InChI is InChI=1S/C17H29N3/c1-3-20(14-16-7-9-18-10-8-16)12-11-19-17-6-4-5-15(2)13-17/h7-10,15,17,19H,3-6,11-14H2,1-2H3. The van der Waals surface area contributed by atoms with Crippen molar-refractivity contribution in [3.63, 3.8) is 0 Å². The fraction of sp³-hybridized carbons (Fsp3) is 0.706. The monoisotopic (exact) mass is 275 g/mol. The van der Waals surface area contributed by atoms with Crippen LogP contribution in [0.5, 0.6) is 0 Å². The number of aromatic nitrogens is 1. The Hall–Kier alpha value is -0.930. The molecule has 0 aromatic carbocycles. The van der Waals surface area contributed by atoms with Gasteiger partial charge in [-0.05, 0) is 43.0 Å². The summed E-state index contributed by atoms with van der Waals surface area (Å²) in [7, 11) is 0. The minimum atomic E-state index is 0.749. The Labute approximate surface area is 123 Å². The van der Waals surface area contributed by atoms with E-state index in [0.717, 1.165) is 38.1 Å². The Balaban J connectivity index is 1.68. The number of nitrogens with zero attached hydrogens (tertiary/aromatic N) is 2. The lowest BCUT2D eigenvalue weighted by atomic mass is 9.87. The maximum Gasteiger partial charge on any atom is 0.0271 e. The van der Waals surface area contributed by atoms with Crippen LogP contribution in [0.25, 0.3) is 0 Å². The van der Waals surface area contributed by atoms with E-state index in [1.54, 1.807) is 0 Å². The van der Waals surface area contributed by atoms with Crippen molar-refractivity contribution in [2.45, 2.75) is 52.1 Å². The molecule has 0 saturated heterocycles. The lowest BCUT2D eigenvalue weighted by molar-refractivity contribution is 0.253. The molecule has 1 aliphatic rings. The van der Waals surface area contributed by atoms with Gasteiger partial charge in [-0.25, -0.2) is 0 Å². The number of hydrogen-bond donors (Lipinski definition) is 1. The van der Waals surface area contributed by atoms with E-state index >= 15 is 0 Å². The molecule has 0 aliphatic heterocycles. The van der Waals surface area contributed by atoms with Gasteiger partial charge in [0.05, 0.1) is 0 Å². The predicted molar refractivity (Wildman–Crippen MR) is 84.6 cm³/mol. The summed E-state index contributed by atoms with van der Waals surface area (Å²) in [6.45, 7) is 8.99. The molecule has 0 spiro atoms. The van der Waals surface area contributed by atoms with Gasteiger partial charge in [0.15, 0.2) is 0 Å². The first-order valence-corrected chi connectivity index (χ1v) is 8.12. The quantitative estimate of drug-likeness (QED) is 0.829. The number of hydrogen-bond acceptors (Lipinski definition) is 3. The summed E-state index contributed by atoms with van der Waals surface area (Å²) in [6, 6.07) is 4.97. The lowest BCUT2D eigenvalue weighted by Crippen LogP contribution is -2.39. The Morgan fingerprint density at radius 3 is 2.80 bits per heavy atom. The van der Waals surface area contributed by atoms with Gasteiger partial charge in [-0.3, -0.25) is 9.88 Å². The number of nitrogens with one attached hydrogen (secondary N) is 1. The van der Waals surface area contributed by atoms with Crippen LogP contribution in [0.15, 0.2) is 24.5 Å². The van der Waals surface area contributed by atoms with Crippen LogP contribution in [0, 0.1) is 5.92 Å². The number of likely N-dealkylation sites (N-methyl/N-ethyl adjacent to an activating group) is 1. The zero-order valence-electron chi connectivity index (χ0n) is 13.0. The molecule has 1 N–H and O–H groups in total. The van der Waals surface area contributed by atoms with Crippen LogP contribution in [0.4, 0.5) is 0 Å². The van der Waals surface area contributed by atoms with Crippen LogP contribution >= 0.6 is 0 Å². The third-order valence-corrected chi connectivity index (χ3v) is 4.40. The molecular formula is C17H29N3. The zero-order chi connectivity index (χ0) is 14.2. The summed E-state index contributed by atoms with van der Waals surface area (Å²) in [6.07, 6.45) is 9.29. The third-order valence-electron chi connectivity index (χ3n) is 4.40. The van der Waals surface area contributed by atoms with Crippen LogP contribution in [0.1, 0.15) is 45.1 Å². The minimum absolute atomic E-state index is 0.749. The fourth-order valence-corrected chi connectivity index (χ4v) is 3.14. The molecule has 20 heavy (non-hydrogen) atoms. The van der Waals surface area contributed by atoms with Crippen LogP contribution in [-0.2, 0) is 6.54 Å². The van der Waals surface area contributed by atoms with Crippen molar-refractivity contribution in [1.82, 2.24) is 15.2 Å². The average molecular weight is 275 g/mol. The second kappa shape index (κ2) is 8.38. The molecule has 2 atom stereocenters. The van der Waals surface area contributed by atoms with Crippen molar-refractivity contribution >= 4 is 0 Å². The van der Waals surface area contributed by atoms with Crippen molar-refractivity contribution in [2.75, 3.05) is 19.6 Å². The Bertz CT molecular complexity index is 366. The summed E-state index contributed by atoms with van der Waals surface area (Å²) in [5.74, 6) is 0.903. The van der Waals surface area contributed by atoms with Gasteiger partial charge >= 0.3 is 0 Å². The van der Waals surface area contributed by atoms with Gasteiger partial charge < -0.3 is 5.32 Å². The summed E-state index contributed by atoms with van der Waals surface area (Å²) < 4.78 is 0. The molecule has 1 heterocycles. The first-order chi connectivity index (χ1) is 9.78. The third kappa shape index (κ3) is 5.22. The van der Waals surface area contributed by atoms with Crippen molar-refractivity contribution in [3.8, 4) is 0 Å². The molecule has 1 aliphatic carbocycles. The van der Waals surface area contributed by atoms with Gasteiger partial charge in [-0.15, -0.1) is 0 Å². The van der Waals surface area contributed by atoms with Crippen molar-refractivity contribution in [2.24, 2.45) is 5.92 Å². The van der Waals surface area contributed by atoms with Gasteiger partial charge in [0.1, 0.15) is 0 Å². The number of rotatable bonds is 7. The molecule has 3 heteroatoms. The van der Waals surface area contributed by atoms with Gasteiger partial charge in [-0.2, -0.15) is 0 Å². The molecule has 0 radical (unpaired) electrons. The maximum absolute atomic E-state index is 4.08. The predicted octanol–water partition coefficient (Wildman–Crippen LogP) is 3.07. The molecule has 2 unspecified atom stereocenters. The fourth-order valence-electron chi connectivity index (χ4n) is 3.14. The van der Waals surface area contributed by atoms with E-state index < -0.39 is 0 Å². The van der Waals surface area contributed by atoms with E-state index in [1.165, 1.54) is 31.2 Å². The summed E-state index contributed by atoms with van der Waals surface area (Å²) >= 11 is 0. The second-order valence-corrected chi connectivity index (χ2v) is 6.15. The first kappa shape index (κ1) is 15.5. The SMILES string of the molecule is CCN(CCNC1CCCC(C)C1)Cc1ccncc1. The van der Waals surface area contributed by atoms with Gasteiger partial charge in [-0.1, -0.05) is 26.7 Å². The highest BCUT2D eigenvalue weighted by atomic mass is 15.1. The molecule has 2 rings (SSSR count). The topological polar surface area (TPSA) is 28.2 Å². The van der Waals surface area contributed by atoms with Crippen molar-refractivity contribution < 1.29 is 0 Å². The van der Waals surface area contributed by atoms with E-state index in [0.29, 0.717) is 0 Å². The molecule has 1 aromatic heterocycles. The van der Waals surface area contributed by atoms with Crippen molar-refractivity contribution in [1.29, 1.82) is 0 Å². The number of pyridine rings is 1. The highest BCUT2D eigenvalue weighted by molar-refractivity contribution is 5.09. The van der Waals surface area contributed by atoms with E-state index in [4.69, 9.17) is 0 Å². The van der Waals surface area contributed by atoms with Gasteiger partial charge in [0, 0.05) is 38.1 Å². The Morgan fingerprint density at radius 1 is 1.30 bits per heavy atom. The smallest absolute Gasteiger partial charge is 0.0271 e. The minimum Gasteiger partial charge on any atom is -0.313 e.